The summed E-state index contributed by atoms with van der Waals surface area (Å²) in [5.41, 5.74) is 5.48. The smallest absolute Gasteiger partial charge is 0.189 e. The van der Waals surface area contributed by atoms with Gasteiger partial charge in [-0.2, -0.15) is 0 Å². The molecule has 2 unspecified atom stereocenters. The van der Waals surface area contributed by atoms with Crippen molar-refractivity contribution < 1.29 is 5.11 Å². The molecule has 0 fully saturated rings. The van der Waals surface area contributed by atoms with Crippen molar-refractivity contribution in [3.05, 3.63) is 12.3 Å². The number of aliphatic hydroxyl groups excluding tert-OH is 1. The van der Waals surface area contributed by atoms with Crippen LogP contribution in [0.25, 0.3) is 0 Å². The Morgan fingerprint density at radius 2 is 2.23 bits per heavy atom. The molecule has 3 N–H and O–H groups in total. The summed E-state index contributed by atoms with van der Waals surface area (Å²) in [7, 11) is 0. The molecule has 1 heterocycles. The molecule has 0 aromatic carbocycles. The summed E-state index contributed by atoms with van der Waals surface area (Å²) in [5.74, 6) is 0.454. The molecular weight excluding hydrogens is 186 g/mol. The van der Waals surface area contributed by atoms with E-state index in [0.29, 0.717) is 11.0 Å². The Hall–Kier alpha value is -0.810. The van der Waals surface area contributed by atoms with Gasteiger partial charge in [0, 0.05) is 11.4 Å². The lowest BCUT2D eigenvalue weighted by Gasteiger charge is -2.12. The third kappa shape index (κ3) is 3.20. The molecule has 1 rings (SSSR count). The molecule has 0 spiro atoms. The number of anilines is 1. The molecule has 0 aliphatic carbocycles. The van der Waals surface area contributed by atoms with Crippen molar-refractivity contribution in [2.24, 2.45) is 0 Å². The van der Waals surface area contributed by atoms with E-state index in [1.54, 1.807) is 19.2 Å². The Kier molecular flexibility index (Phi) is 3.50. The van der Waals surface area contributed by atoms with Gasteiger partial charge in [-0.05, 0) is 13.0 Å². The van der Waals surface area contributed by atoms with Gasteiger partial charge >= 0.3 is 0 Å². The van der Waals surface area contributed by atoms with Crippen LogP contribution in [0.5, 0.6) is 0 Å². The Morgan fingerprint density at radius 1 is 1.54 bits per heavy atom. The normalized spacial score (nSPS) is 15.3. The standard InChI is InChI=1S/C8H13N3OS/c1-5(12)6(2)13-8-10-4-3-7(9)11-8/h3-6,12H,1-2H3,(H2,9,10,11). The summed E-state index contributed by atoms with van der Waals surface area (Å²) < 4.78 is 0. The molecule has 0 bridgehead atoms. The van der Waals surface area contributed by atoms with E-state index < -0.39 is 0 Å². The topological polar surface area (TPSA) is 72.0 Å². The first-order valence-electron chi connectivity index (χ1n) is 4.03. The molecule has 0 radical (unpaired) electrons. The number of aliphatic hydroxyl groups is 1. The quantitative estimate of drug-likeness (QED) is 0.559. The fourth-order valence-corrected chi connectivity index (χ4v) is 1.48. The average Bonchev–Trinajstić information content (AvgIpc) is 2.04. The van der Waals surface area contributed by atoms with Crippen molar-refractivity contribution in [1.29, 1.82) is 0 Å². The molecule has 0 saturated carbocycles. The molecule has 0 saturated heterocycles. The van der Waals surface area contributed by atoms with E-state index in [1.165, 1.54) is 11.8 Å². The Morgan fingerprint density at radius 3 is 2.77 bits per heavy atom. The average molecular weight is 199 g/mol. The van der Waals surface area contributed by atoms with Gasteiger partial charge in [-0.3, -0.25) is 0 Å². The summed E-state index contributed by atoms with van der Waals surface area (Å²) in [6, 6.07) is 1.64. The second-order valence-electron chi connectivity index (χ2n) is 2.83. The second kappa shape index (κ2) is 4.43. The number of aromatic nitrogens is 2. The summed E-state index contributed by atoms with van der Waals surface area (Å²) in [6.45, 7) is 3.66. The van der Waals surface area contributed by atoms with Crippen molar-refractivity contribution in [3.63, 3.8) is 0 Å². The van der Waals surface area contributed by atoms with Gasteiger partial charge in [0.2, 0.25) is 0 Å². The van der Waals surface area contributed by atoms with Crippen LogP contribution >= 0.6 is 11.8 Å². The number of nitrogens with two attached hydrogens (primary N) is 1. The van der Waals surface area contributed by atoms with Crippen molar-refractivity contribution in [2.75, 3.05) is 5.73 Å². The van der Waals surface area contributed by atoms with Crippen LogP contribution in [0.3, 0.4) is 0 Å². The van der Waals surface area contributed by atoms with Gasteiger partial charge in [0.15, 0.2) is 5.16 Å². The monoisotopic (exact) mass is 199 g/mol. The van der Waals surface area contributed by atoms with Crippen molar-refractivity contribution in [3.8, 4) is 0 Å². The van der Waals surface area contributed by atoms with Crippen molar-refractivity contribution >= 4 is 17.6 Å². The largest absolute Gasteiger partial charge is 0.392 e. The Balaban J connectivity index is 2.64. The van der Waals surface area contributed by atoms with Crippen LogP contribution in [0.1, 0.15) is 13.8 Å². The van der Waals surface area contributed by atoms with Crippen LogP contribution < -0.4 is 5.73 Å². The summed E-state index contributed by atoms with van der Waals surface area (Å²) in [6.07, 6.45) is 1.23. The predicted molar refractivity (Wildman–Crippen MR) is 53.4 cm³/mol. The van der Waals surface area contributed by atoms with Crippen molar-refractivity contribution in [2.45, 2.75) is 30.4 Å². The van der Waals surface area contributed by atoms with E-state index in [-0.39, 0.29) is 11.4 Å². The second-order valence-corrected chi connectivity index (χ2v) is 4.17. The maximum absolute atomic E-state index is 9.24. The van der Waals surface area contributed by atoms with Gasteiger partial charge in [-0.1, -0.05) is 18.7 Å². The fourth-order valence-electron chi connectivity index (χ4n) is 0.675. The molecule has 1 aromatic heterocycles. The van der Waals surface area contributed by atoms with E-state index >= 15 is 0 Å². The van der Waals surface area contributed by atoms with Gasteiger partial charge < -0.3 is 10.8 Å². The molecule has 13 heavy (non-hydrogen) atoms. The van der Waals surface area contributed by atoms with Crippen molar-refractivity contribution in [1.82, 2.24) is 9.97 Å². The maximum Gasteiger partial charge on any atom is 0.189 e. The predicted octanol–water partition coefficient (Wildman–Crippen LogP) is 0.920. The highest BCUT2D eigenvalue weighted by Crippen LogP contribution is 2.21. The number of rotatable bonds is 3. The molecule has 5 heteroatoms. The van der Waals surface area contributed by atoms with Crippen LogP contribution in [0.2, 0.25) is 0 Å². The summed E-state index contributed by atoms with van der Waals surface area (Å²) >= 11 is 1.41. The van der Waals surface area contributed by atoms with Gasteiger partial charge in [-0.15, -0.1) is 0 Å². The minimum atomic E-state index is -0.380. The van der Waals surface area contributed by atoms with Gasteiger partial charge in [0.05, 0.1) is 6.10 Å². The lowest BCUT2D eigenvalue weighted by atomic mass is 10.3. The molecule has 4 nitrogen and oxygen atoms in total. The lowest BCUT2D eigenvalue weighted by Crippen LogP contribution is -2.15. The first-order valence-corrected chi connectivity index (χ1v) is 4.91. The SMILES string of the molecule is CC(O)C(C)Sc1nccc(N)n1. The van der Waals surface area contributed by atoms with Crippen LogP contribution in [-0.2, 0) is 0 Å². The molecule has 0 aliphatic heterocycles. The molecule has 2 atom stereocenters. The third-order valence-corrected chi connectivity index (χ3v) is 2.80. The fraction of sp³-hybridized carbons (Fsp3) is 0.500. The summed E-state index contributed by atoms with van der Waals surface area (Å²) in [4.78, 5) is 8.04. The number of thioether (sulfide) groups is 1. The van der Waals surface area contributed by atoms with Gasteiger partial charge in [-0.25, -0.2) is 9.97 Å². The van der Waals surface area contributed by atoms with Gasteiger partial charge in [0.1, 0.15) is 5.82 Å². The van der Waals surface area contributed by atoms with Gasteiger partial charge in [0.25, 0.3) is 0 Å². The van der Waals surface area contributed by atoms with E-state index in [0.717, 1.165) is 0 Å². The molecule has 1 aromatic rings. The number of hydrogen-bond acceptors (Lipinski definition) is 5. The summed E-state index contributed by atoms with van der Waals surface area (Å²) in [5, 5.41) is 9.92. The molecule has 0 aliphatic rings. The zero-order chi connectivity index (χ0) is 9.84. The number of hydrogen-bond donors (Lipinski definition) is 2. The third-order valence-electron chi connectivity index (χ3n) is 1.63. The first kappa shape index (κ1) is 10.3. The highest BCUT2D eigenvalue weighted by atomic mass is 32.2. The van der Waals surface area contributed by atoms with Crippen LogP contribution in [0.15, 0.2) is 17.4 Å². The maximum atomic E-state index is 9.24. The number of nitrogens with zero attached hydrogens (tertiary/aromatic N) is 2. The Bertz CT molecular complexity index is 280. The zero-order valence-electron chi connectivity index (χ0n) is 7.64. The minimum Gasteiger partial charge on any atom is -0.392 e. The van der Waals surface area contributed by atoms with Crippen LogP contribution in [-0.4, -0.2) is 26.4 Å². The lowest BCUT2D eigenvalue weighted by molar-refractivity contribution is 0.196. The molecule has 0 amide bonds. The van der Waals surface area contributed by atoms with Crippen LogP contribution in [0.4, 0.5) is 5.82 Å². The molecule has 72 valence electrons. The minimum absolute atomic E-state index is 0.0711. The Labute approximate surface area is 81.6 Å². The van der Waals surface area contributed by atoms with E-state index in [4.69, 9.17) is 5.73 Å². The zero-order valence-corrected chi connectivity index (χ0v) is 8.45. The van der Waals surface area contributed by atoms with Crippen LogP contribution in [0, 0.1) is 0 Å². The molecular formula is C8H13N3OS. The first-order chi connectivity index (χ1) is 6.09. The van der Waals surface area contributed by atoms with E-state index in [1.807, 2.05) is 6.92 Å². The highest BCUT2D eigenvalue weighted by molar-refractivity contribution is 7.99. The highest BCUT2D eigenvalue weighted by Gasteiger charge is 2.11. The number of nitrogen functional groups attached to an aromatic ring is 1. The van der Waals surface area contributed by atoms with E-state index in [9.17, 15) is 5.11 Å². The van der Waals surface area contributed by atoms with E-state index in [2.05, 4.69) is 9.97 Å².